The van der Waals surface area contributed by atoms with Crippen LogP contribution < -0.4 is 16.0 Å². The van der Waals surface area contributed by atoms with Crippen LogP contribution in [-0.4, -0.2) is 43.0 Å². The van der Waals surface area contributed by atoms with Crippen molar-refractivity contribution in [3.63, 3.8) is 0 Å². The molecule has 4 aromatic rings. The average molecular weight is 525 g/mol. The molecule has 1 heterocycles. The van der Waals surface area contributed by atoms with E-state index in [0.29, 0.717) is 13.0 Å². The number of hydrogen-bond donors (Lipinski definition) is 3. The summed E-state index contributed by atoms with van der Waals surface area (Å²) in [6.45, 7) is 0.408. The molecule has 0 radical (unpaired) electrons. The maximum Gasteiger partial charge on any atom is 0.307 e. The summed E-state index contributed by atoms with van der Waals surface area (Å²) in [5.74, 6) is -0.305. The Labute approximate surface area is 227 Å². The third kappa shape index (κ3) is 7.88. The summed E-state index contributed by atoms with van der Waals surface area (Å²) in [7, 11) is 1.31. The molecule has 0 fully saturated rings. The Morgan fingerprint density at radius 1 is 0.872 bits per heavy atom. The minimum atomic E-state index is -0.592. The Balaban J connectivity index is 1.33. The lowest BCUT2D eigenvalue weighted by Gasteiger charge is -2.19. The van der Waals surface area contributed by atoms with Crippen LogP contribution in [0.15, 0.2) is 91.1 Å². The van der Waals surface area contributed by atoms with Gasteiger partial charge in [0.25, 0.3) is 0 Å². The lowest BCUT2D eigenvalue weighted by Crippen LogP contribution is -2.39. The van der Waals surface area contributed by atoms with Crippen LogP contribution in [0.4, 0.5) is 5.82 Å². The van der Waals surface area contributed by atoms with Gasteiger partial charge in [-0.25, -0.2) is 4.98 Å². The van der Waals surface area contributed by atoms with E-state index >= 15 is 0 Å². The highest BCUT2D eigenvalue weighted by molar-refractivity contribution is 5.96. The molecule has 8 nitrogen and oxygen atoms in total. The minimum absolute atomic E-state index is 0.0248. The van der Waals surface area contributed by atoms with Gasteiger partial charge in [-0.05, 0) is 46.0 Å². The van der Waals surface area contributed by atoms with Gasteiger partial charge in [0.1, 0.15) is 5.82 Å². The van der Waals surface area contributed by atoms with Crippen molar-refractivity contribution in [2.45, 2.75) is 25.3 Å². The minimum Gasteiger partial charge on any atom is -0.469 e. The second-order valence-electron chi connectivity index (χ2n) is 9.07. The quantitative estimate of drug-likeness (QED) is 0.184. The predicted octanol–water partition coefficient (Wildman–Crippen LogP) is 4.63. The van der Waals surface area contributed by atoms with Crippen LogP contribution in [0.3, 0.4) is 0 Å². The number of fused-ring (bicyclic) bond motifs is 1. The van der Waals surface area contributed by atoms with Gasteiger partial charge in [0.2, 0.25) is 11.8 Å². The first-order valence-electron chi connectivity index (χ1n) is 12.9. The second kappa shape index (κ2) is 13.7. The molecule has 0 saturated heterocycles. The van der Waals surface area contributed by atoms with Crippen molar-refractivity contribution in [3.05, 3.63) is 96.7 Å². The van der Waals surface area contributed by atoms with Crippen LogP contribution in [0.1, 0.15) is 30.9 Å². The molecule has 1 unspecified atom stereocenters. The molecule has 0 saturated carbocycles. The molecule has 4 rings (SSSR count). The fourth-order valence-electron chi connectivity index (χ4n) is 4.32. The molecule has 8 heteroatoms. The summed E-state index contributed by atoms with van der Waals surface area (Å²) in [5, 5.41) is 10.9. The van der Waals surface area contributed by atoms with Gasteiger partial charge in [-0.2, -0.15) is 0 Å². The number of anilines is 1. The number of carbonyl (C=O) groups excluding carboxylic acids is 3. The molecule has 0 aliphatic rings. The fraction of sp³-hybridized carbons (Fsp3) is 0.226. The molecule has 2 amide bonds. The van der Waals surface area contributed by atoms with Crippen molar-refractivity contribution in [1.82, 2.24) is 15.6 Å². The number of pyridine rings is 1. The van der Waals surface area contributed by atoms with E-state index in [1.54, 1.807) is 6.20 Å². The molecule has 0 aliphatic carbocycles. The molecular weight excluding hydrogens is 492 g/mol. The second-order valence-corrected chi connectivity index (χ2v) is 9.07. The summed E-state index contributed by atoms with van der Waals surface area (Å²) in [4.78, 5) is 41.1. The van der Waals surface area contributed by atoms with Gasteiger partial charge in [-0.1, -0.05) is 72.8 Å². The predicted molar refractivity (Wildman–Crippen MR) is 152 cm³/mol. The van der Waals surface area contributed by atoms with Crippen LogP contribution >= 0.6 is 0 Å². The van der Waals surface area contributed by atoms with Crippen LogP contribution in [0.2, 0.25) is 0 Å². The largest absolute Gasteiger partial charge is 0.469 e. The Morgan fingerprint density at radius 2 is 1.64 bits per heavy atom. The molecule has 3 N–H and O–H groups in total. The number of nitrogens with zero attached hydrogens (tertiary/aromatic N) is 1. The summed E-state index contributed by atoms with van der Waals surface area (Å²) in [6, 6.07) is 27.1. The van der Waals surface area contributed by atoms with Gasteiger partial charge in [0.15, 0.2) is 0 Å². The third-order valence-corrected chi connectivity index (χ3v) is 6.35. The zero-order valence-electron chi connectivity index (χ0n) is 21.9. The van der Waals surface area contributed by atoms with Crippen molar-refractivity contribution < 1.29 is 19.1 Å². The molecule has 1 aromatic heterocycles. The molecule has 1 atom stereocenters. The lowest BCUT2D eigenvalue weighted by molar-refractivity contribution is -0.141. The van der Waals surface area contributed by atoms with Crippen molar-refractivity contribution in [2.75, 3.05) is 25.5 Å². The Morgan fingerprint density at radius 3 is 2.41 bits per heavy atom. The Kier molecular flexibility index (Phi) is 9.61. The van der Waals surface area contributed by atoms with Crippen molar-refractivity contribution >= 4 is 34.4 Å². The number of rotatable bonds is 12. The molecule has 3 aromatic carbocycles. The number of nitrogens with one attached hydrogen (secondary N) is 3. The molecule has 200 valence electrons. The zero-order valence-corrected chi connectivity index (χ0v) is 21.9. The number of ether oxygens (including phenoxy) is 1. The van der Waals surface area contributed by atoms with Gasteiger partial charge < -0.3 is 20.7 Å². The maximum absolute atomic E-state index is 12.7. The van der Waals surface area contributed by atoms with E-state index < -0.39 is 12.0 Å². The van der Waals surface area contributed by atoms with E-state index in [1.165, 1.54) is 7.11 Å². The Bertz CT molecular complexity index is 1400. The van der Waals surface area contributed by atoms with E-state index in [-0.39, 0.29) is 31.2 Å². The van der Waals surface area contributed by atoms with Crippen LogP contribution in [-0.2, 0) is 19.1 Å². The standard InChI is InChI=1S/C31H32N4O4/c1-39-31(38)20-27(35-30(37)21-34-29(36)13-7-19-33-28-12-4-5-18-32-28)24-16-14-23(15-17-24)26-11-6-9-22-8-2-3-10-25(22)26/h2-6,8-12,14-18,27H,7,13,19-21H2,1H3,(H,32,33)(H,34,36)(H,35,37). The third-order valence-electron chi connectivity index (χ3n) is 6.35. The van der Waals surface area contributed by atoms with Crippen molar-refractivity contribution in [3.8, 4) is 11.1 Å². The highest BCUT2D eigenvalue weighted by atomic mass is 16.5. The first-order valence-corrected chi connectivity index (χ1v) is 12.9. The van der Waals surface area contributed by atoms with Gasteiger partial charge in [-0.15, -0.1) is 0 Å². The lowest BCUT2D eigenvalue weighted by atomic mass is 9.95. The number of amides is 2. The highest BCUT2D eigenvalue weighted by Gasteiger charge is 2.19. The first-order chi connectivity index (χ1) is 19.0. The summed E-state index contributed by atoms with van der Waals surface area (Å²) < 4.78 is 4.84. The molecule has 0 spiro atoms. The number of aromatic nitrogens is 1. The number of benzene rings is 3. The summed E-state index contributed by atoms with van der Waals surface area (Å²) in [5.41, 5.74) is 2.90. The van der Waals surface area contributed by atoms with E-state index in [4.69, 9.17) is 4.74 Å². The average Bonchev–Trinajstić information content (AvgIpc) is 2.98. The van der Waals surface area contributed by atoms with Gasteiger partial charge in [0.05, 0.1) is 26.1 Å². The number of esters is 1. The maximum atomic E-state index is 12.7. The van der Waals surface area contributed by atoms with Gasteiger partial charge in [0, 0.05) is 19.2 Å². The summed E-state index contributed by atoms with van der Waals surface area (Å²) in [6.07, 6.45) is 2.54. The Hall–Kier alpha value is -4.72. The van der Waals surface area contributed by atoms with Crippen LogP contribution in [0, 0.1) is 0 Å². The van der Waals surface area contributed by atoms with E-state index in [9.17, 15) is 14.4 Å². The number of hydrogen-bond acceptors (Lipinski definition) is 6. The fourth-order valence-corrected chi connectivity index (χ4v) is 4.32. The molecular formula is C31H32N4O4. The van der Waals surface area contributed by atoms with Gasteiger partial charge in [-0.3, -0.25) is 14.4 Å². The SMILES string of the molecule is COC(=O)CC(NC(=O)CNC(=O)CCCNc1ccccn1)c1ccc(-c2cccc3ccccc23)cc1. The molecule has 0 aliphatic heterocycles. The number of carbonyl (C=O) groups is 3. The summed E-state index contributed by atoms with van der Waals surface area (Å²) >= 11 is 0. The zero-order chi connectivity index (χ0) is 27.5. The van der Waals surface area contributed by atoms with E-state index in [2.05, 4.69) is 45.2 Å². The smallest absolute Gasteiger partial charge is 0.307 e. The first kappa shape index (κ1) is 27.3. The van der Waals surface area contributed by atoms with Crippen LogP contribution in [0.5, 0.6) is 0 Å². The number of methoxy groups -OCH3 is 1. The van der Waals surface area contributed by atoms with Crippen molar-refractivity contribution in [2.24, 2.45) is 0 Å². The van der Waals surface area contributed by atoms with Gasteiger partial charge >= 0.3 is 5.97 Å². The van der Waals surface area contributed by atoms with E-state index in [0.717, 1.165) is 33.3 Å². The topological polar surface area (TPSA) is 109 Å². The van der Waals surface area contributed by atoms with Crippen molar-refractivity contribution in [1.29, 1.82) is 0 Å². The highest BCUT2D eigenvalue weighted by Crippen LogP contribution is 2.30. The normalized spacial score (nSPS) is 11.4. The monoisotopic (exact) mass is 524 g/mol. The molecule has 39 heavy (non-hydrogen) atoms. The molecule has 0 bridgehead atoms. The van der Waals surface area contributed by atoms with E-state index in [1.807, 2.05) is 60.7 Å². The van der Waals surface area contributed by atoms with Crippen LogP contribution in [0.25, 0.3) is 21.9 Å².